The first-order chi connectivity index (χ1) is 15.3. The van der Waals surface area contributed by atoms with Gasteiger partial charge in [-0.1, -0.05) is 26.3 Å². The largest absolute Gasteiger partial charge is 0.355 e. The van der Waals surface area contributed by atoms with Gasteiger partial charge in [0, 0.05) is 34.9 Å². The highest BCUT2D eigenvalue weighted by Crippen LogP contribution is 2.39. The average molecular weight is 433 g/mol. The molecule has 3 heterocycles. The lowest BCUT2D eigenvalue weighted by molar-refractivity contribution is -0.126. The predicted octanol–water partition coefficient (Wildman–Crippen LogP) is 5.18. The SMILES string of the molecule is Cc1cc(-c2[nH]c3ccc(C4(C)CCCC(CN)CCNC4=O)cc3c2C(C)C)ccn1. The molecule has 0 saturated carbocycles. The third-order valence-electron chi connectivity index (χ3n) is 7.20. The van der Waals surface area contributed by atoms with Crippen molar-refractivity contribution in [3.8, 4) is 11.3 Å². The molecule has 2 unspecified atom stereocenters. The van der Waals surface area contributed by atoms with Crippen LogP contribution in [-0.2, 0) is 10.2 Å². The molecule has 0 spiro atoms. The van der Waals surface area contributed by atoms with Gasteiger partial charge in [0.15, 0.2) is 0 Å². The zero-order valence-corrected chi connectivity index (χ0v) is 19.8. The molecule has 4 N–H and O–H groups in total. The topological polar surface area (TPSA) is 83.8 Å². The number of aromatic nitrogens is 2. The molecule has 2 aromatic heterocycles. The van der Waals surface area contributed by atoms with Gasteiger partial charge in [0.2, 0.25) is 5.91 Å². The van der Waals surface area contributed by atoms with Crippen molar-refractivity contribution in [2.45, 2.75) is 64.7 Å². The molecular weight excluding hydrogens is 396 g/mol. The monoisotopic (exact) mass is 432 g/mol. The summed E-state index contributed by atoms with van der Waals surface area (Å²) < 4.78 is 0. The van der Waals surface area contributed by atoms with E-state index in [1.54, 1.807) is 0 Å². The molecule has 32 heavy (non-hydrogen) atoms. The number of benzene rings is 1. The number of aromatic amines is 1. The van der Waals surface area contributed by atoms with E-state index in [1.165, 1.54) is 10.9 Å². The Hall–Kier alpha value is -2.66. The van der Waals surface area contributed by atoms with Crippen LogP contribution in [0.25, 0.3) is 22.2 Å². The molecule has 3 aromatic rings. The average Bonchev–Trinajstić information content (AvgIpc) is 3.18. The van der Waals surface area contributed by atoms with Crippen LogP contribution in [0.3, 0.4) is 0 Å². The molecule has 1 fully saturated rings. The summed E-state index contributed by atoms with van der Waals surface area (Å²) in [5.74, 6) is 0.958. The number of hydrogen-bond donors (Lipinski definition) is 3. The van der Waals surface area contributed by atoms with Crippen molar-refractivity contribution in [2.24, 2.45) is 11.7 Å². The summed E-state index contributed by atoms with van der Waals surface area (Å²) in [5, 5.41) is 4.40. The predicted molar refractivity (Wildman–Crippen MR) is 132 cm³/mol. The Kier molecular flexibility index (Phi) is 6.38. The molecule has 0 aliphatic carbocycles. The number of carbonyl (C=O) groups excluding carboxylic acids is 1. The molecular formula is C27H36N4O. The Balaban J connectivity index is 1.80. The fourth-order valence-electron chi connectivity index (χ4n) is 5.18. The van der Waals surface area contributed by atoms with Gasteiger partial charge in [0.25, 0.3) is 0 Å². The van der Waals surface area contributed by atoms with E-state index in [0.29, 0.717) is 24.9 Å². The van der Waals surface area contributed by atoms with Crippen LogP contribution < -0.4 is 11.1 Å². The Bertz CT molecular complexity index is 1120. The summed E-state index contributed by atoms with van der Waals surface area (Å²) in [7, 11) is 0. The molecule has 2 atom stereocenters. The number of nitrogens with one attached hydrogen (secondary N) is 2. The summed E-state index contributed by atoms with van der Waals surface area (Å²) in [6, 6.07) is 10.7. The van der Waals surface area contributed by atoms with Crippen molar-refractivity contribution >= 4 is 16.8 Å². The molecule has 5 heteroatoms. The standard InChI is InChI=1S/C27H36N4O/c1-17(2)24-22-15-21(27(4)11-5-6-19(16-28)9-12-30-26(27)32)7-8-23(22)31-25(24)20-10-13-29-18(3)14-20/h7-8,10,13-15,17,19,31H,5-6,9,11-12,16,28H2,1-4H3,(H,30,32). The number of amides is 1. The first-order valence-electron chi connectivity index (χ1n) is 11.9. The number of fused-ring (bicyclic) bond motifs is 1. The second-order valence-corrected chi connectivity index (χ2v) is 9.89. The van der Waals surface area contributed by atoms with Crippen LogP contribution in [0.4, 0.5) is 0 Å². The third kappa shape index (κ3) is 4.18. The van der Waals surface area contributed by atoms with Crippen molar-refractivity contribution < 1.29 is 4.79 Å². The van der Waals surface area contributed by atoms with Crippen LogP contribution in [0.2, 0.25) is 0 Å². The lowest BCUT2D eigenvalue weighted by Gasteiger charge is -2.29. The smallest absolute Gasteiger partial charge is 0.230 e. The summed E-state index contributed by atoms with van der Waals surface area (Å²) in [5.41, 5.74) is 12.2. The van der Waals surface area contributed by atoms with Crippen LogP contribution in [0.1, 0.15) is 69.2 Å². The van der Waals surface area contributed by atoms with E-state index in [4.69, 9.17) is 5.73 Å². The molecule has 170 valence electrons. The van der Waals surface area contributed by atoms with Gasteiger partial charge in [-0.15, -0.1) is 0 Å². The van der Waals surface area contributed by atoms with E-state index < -0.39 is 5.41 Å². The minimum Gasteiger partial charge on any atom is -0.355 e. The second kappa shape index (κ2) is 9.07. The molecule has 5 nitrogen and oxygen atoms in total. The van der Waals surface area contributed by atoms with E-state index in [1.807, 2.05) is 13.1 Å². The van der Waals surface area contributed by atoms with E-state index in [2.05, 4.69) is 66.4 Å². The van der Waals surface area contributed by atoms with Gasteiger partial charge in [-0.05, 0) is 86.9 Å². The number of hydrogen-bond acceptors (Lipinski definition) is 3. The van der Waals surface area contributed by atoms with Gasteiger partial charge in [-0.3, -0.25) is 9.78 Å². The highest BCUT2D eigenvalue weighted by Gasteiger charge is 2.36. The van der Waals surface area contributed by atoms with Crippen LogP contribution in [-0.4, -0.2) is 29.0 Å². The number of nitrogens with two attached hydrogens (primary N) is 1. The van der Waals surface area contributed by atoms with Gasteiger partial charge in [0.1, 0.15) is 0 Å². The number of pyridine rings is 1. The molecule has 0 bridgehead atoms. The van der Waals surface area contributed by atoms with Crippen LogP contribution >= 0.6 is 0 Å². The molecule has 1 aliphatic rings. The highest BCUT2D eigenvalue weighted by molar-refractivity contribution is 5.94. The van der Waals surface area contributed by atoms with Crippen LogP contribution in [0.5, 0.6) is 0 Å². The summed E-state index contributed by atoms with van der Waals surface area (Å²) in [6.45, 7) is 9.97. The Morgan fingerprint density at radius 1 is 1.22 bits per heavy atom. The first kappa shape index (κ1) is 22.5. The van der Waals surface area contributed by atoms with E-state index >= 15 is 0 Å². The minimum absolute atomic E-state index is 0.126. The normalized spacial score (nSPS) is 22.4. The van der Waals surface area contributed by atoms with Gasteiger partial charge >= 0.3 is 0 Å². The third-order valence-corrected chi connectivity index (χ3v) is 7.20. The van der Waals surface area contributed by atoms with Gasteiger partial charge < -0.3 is 16.0 Å². The van der Waals surface area contributed by atoms with Crippen molar-refractivity contribution in [3.05, 3.63) is 53.3 Å². The zero-order chi connectivity index (χ0) is 22.9. The van der Waals surface area contributed by atoms with Gasteiger partial charge in [-0.25, -0.2) is 0 Å². The summed E-state index contributed by atoms with van der Waals surface area (Å²) in [4.78, 5) is 21.3. The van der Waals surface area contributed by atoms with Crippen LogP contribution in [0.15, 0.2) is 36.5 Å². The Labute approximate surface area is 191 Å². The van der Waals surface area contributed by atoms with Gasteiger partial charge in [0.05, 0.1) is 11.1 Å². The maximum atomic E-state index is 13.3. The van der Waals surface area contributed by atoms with Crippen molar-refractivity contribution in [3.63, 3.8) is 0 Å². The first-order valence-corrected chi connectivity index (χ1v) is 11.9. The van der Waals surface area contributed by atoms with Gasteiger partial charge in [-0.2, -0.15) is 0 Å². The van der Waals surface area contributed by atoms with E-state index in [9.17, 15) is 4.79 Å². The number of rotatable bonds is 4. The number of carbonyl (C=O) groups is 1. The fourth-order valence-corrected chi connectivity index (χ4v) is 5.18. The Morgan fingerprint density at radius 3 is 2.75 bits per heavy atom. The van der Waals surface area contributed by atoms with Crippen LogP contribution in [0, 0.1) is 12.8 Å². The fraction of sp³-hybridized carbons (Fsp3) is 0.481. The molecule has 1 saturated heterocycles. The van der Waals surface area contributed by atoms with Crippen molar-refractivity contribution in [1.29, 1.82) is 0 Å². The molecule has 1 aliphatic heterocycles. The summed E-state index contributed by atoms with van der Waals surface area (Å²) >= 11 is 0. The van der Waals surface area contributed by atoms with Crippen molar-refractivity contribution in [2.75, 3.05) is 13.1 Å². The second-order valence-electron chi connectivity index (χ2n) is 9.89. The van der Waals surface area contributed by atoms with E-state index in [0.717, 1.165) is 53.7 Å². The lowest BCUT2D eigenvalue weighted by atomic mass is 9.76. The Morgan fingerprint density at radius 2 is 2.03 bits per heavy atom. The minimum atomic E-state index is -0.545. The number of aryl methyl sites for hydroxylation is 1. The lowest BCUT2D eigenvalue weighted by Crippen LogP contribution is -2.42. The molecule has 1 amide bonds. The quantitative estimate of drug-likeness (QED) is 0.531. The molecule has 1 aromatic carbocycles. The van der Waals surface area contributed by atoms with Crippen molar-refractivity contribution in [1.82, 2.24) is 15.3 Å². The maximum Gasteiger partial charge on any atom is 0.230 e. The molecule has 0 radical (unpaired) electrons. The number of H-pyrrole nitrogens is 1. The summed E-state index contributed by atoms with van der Waals surface area (Å²) in [6.07, 6.45) is 5.75. The molecule has 4 rings (SSSR count). The zero-order valence-electron chi connectivity index (χ0n) is 19.8. The number of nitrogens with zero attached hydrogens (tertiary/aromatic N) is 1. The van der Waals surface area contributed by atoms with E-state index in [-0.39, 0.29) is 5.91 Å². The maximum absolute atomic E-state index is 13.3. The highest BCUT2D eigenvalue weighted by atomic mass is 16.2.